The number of hydrogen-bond donors (Lipinski definition) is 1. The highest BCUT2D eigenvalue weighted by atomic mass is 32.2. The van der Waals surface area contributed by atoms with Crippen molar-refractivity contribution in [3.05, 3.63) is 78.1 Å². The molecule has 53 heavy (non-hydrogen) atoms. The van der Waals surface area contributed by atoms with Crippen LogP contribution in [0.1, 0.15) is 130 Å². The molecule has 0 aromatic carbocycles. The minimum Gasteiger partial charge on any atom is -0.444 e. The van der Waals surface area contributed by atoms with Crippen LogP contribution in [0.5, 0.6) is 0 Å². The number of nitrogens with one attached hydrogen (secondary N) is 1. The lowest BCUT2D eigenvalue weighted by Gasteiger charge is -2.37. The summed E-state index contributed by atoms with van der Waals surface area (Å²) in [4.78, 5) is 28.9. The molecule has 1 aliphatic heterocycles. The first-order valence-electron chi connectivity index (χ1n) is 19.8. The highest BCUT2D eigenvalue weighted by Gasteiger charge is 2.50. The first-order chi connectivity index (χ1) is 25.1. The lowest BCUT2D eigenvalue weighted by molar-refractivity contribution is -0.136. The zero-order valence-corrected chi connectivity index (χ0v) is 37.7. The molecule has 306 valence electrons. The van der Waals surface area contributed by atoms with Crippen LogP contribution in [0.2, 0.25) is 0 Å². The van der Waals surface area contributed by atoms with Gasteiger partial charge in [-0.2, -0.15) is 11.8 Å². The fourth-order valence-corrected chi connectivity index (χ4v) is 7.09. The Labute approximate surface area is 331 Å². The summed E-state index contributed by atoms with van der Waals surface area (Å²) in [6.45, 7) is 30.9. The number of likely N-dealkylation sites (tertiary alicyclic amines) is 1. The zero-order valence-electron chi connectivity index (χ0n) is 36.9. The number of unbranched alkanes of at least 4 members (excludes halogenated alkanes) is 1. The van der Waals surface area contributed by atoms with Gasteiger partial charge in [-0.15, -0.1) is 5.73 Å². The number of alkyl carbamates (subject to hydrolysis) is 1. The van der Waals surface area contributed by atoms with Crippen molar-refractivity contribution in [3.63, 3.8) is 0 Å². The van der Waals surface area contributed by atoms with Crippen LogP contribution in [0.15, 0.2) is 78.1 Å². The van der Waals surface area contributed by atoms with Gasteiger partial charge in [-0.25, -0.2) is 4.79 Å². The summed E-state index contributed by atoms with van der Waals surface area (Å²) in [5.41, 5.74) is 3.22. The second-order valence-corrected chi connectivity index (χ2v) is 15.6. The smallest absolute Gasteiger partial charge is 0.408 e. The van der Waals surface area contributed by atoms with Gasteiger partial charge in [0.15, 0.2) is 0 Å². The predicted octanol–water partition coefficient (Wildman–Crippen LogP) is 12.0. The van der Waals surface area contributed by atoms with Gasteiger partial charge in [0.2, 0.25) is 5.91 Å². The Kier molecular flexibility index (Phi) is 32.5. The van der Waals surface area contributed by atoms with Gasteiger partial charge < -0.3 is 24.4 Å². The van der Waals surface area contributed by atoms with Crippen molar-refractivity contribution in [1.29, 1.82) is 0 Å². The fourth-order valence-electron chi connectivity index (χ4n) is 5.32. The van der Waals surface area contributed by atoms with Crippen molar-refractivity contribution in [2.45, 2.75) is 152 Å². The number of allylic oxidation sites excluding steroid dienone is 11. The van der Waals surface area contributed by atoms with E-state index in [9.17, 15) is 9.59 Å². The Morgan fingerprint density at radius 1 is 1.02 bits per heavy atom. The molecule has 1 aliphatic carbocycles. The van der Waals surface area contributed by atoms with Gasteiger partial charge in [0, 0.05) is 43.0 Å². The monoisotopic (exact) mass is 761 g/mol. The van der Waals surface area contributed by atoms with Crippen molar-refractivity contribution < 1.29 is 23.8 Å². The summed E-state index contributed by atoms with van der Waals surface area (Å²) >= 11 is 1.99. The summed E-state index contributed by atoms with van der Waals surface area (Å²) in [5, 5.41) is 2.91. The lowest BCUT2D eigenvalue weighted by atomic mass is 9.85. The quantitative estimate of drug-likeness (QED) is 0.0662. The molecule has 0 bridgehead atoms. The third-order valence-corrected chi connectivity index (χ3v) is 9.19. The van der Waals surface area contributed by atoms with Crippen molar-refractivity contribution in [2.75, 3.05) is 33.3 Å². The molecule has 0 spiro atoms. The molecule has 0 radical (unpaired) electrons. The molecule has 0 saturated carbocycles. The fraction of sp³-hybridized carbons (Fsp3) is 0.667. The maximum atomic E-state index is 14.2. The van der Waals surface area contributed by atoms with E-state index in [1.165, 1.54) is 0 Å². The van der Waals surface area contributed by atoms with Crippen LogP contribution in [0, 0.1) is 11.3 Å². The van der Waals surface area contributed by atoms with Crippen LogP contribution in [-0.2, 0) is 19.0 Å². The van der Waals surface area contributed by atoms with Crippen molar-refractivity contribution in [1.82, 2.24) is 10.2 Å². The number of thioether (sulfide) groups is 1. The lowest BCUT2D eigenvalue weighted by Crippen LogP contribution is -2.56. The van der Waals surface area contributed by atoms with E-state index in [-0.39, 0.29) is 22.6 Å². The highest BCUT2D eigenvalue weighted by Crippen LogP contribution is 2.46. The molecule has 0 aromatic heterocycles. The van der Waals surface area contributed by atoms with Gasteiger partial charge >= 0.3 is 6.09 Å². The molecule has 8 heteroatoms. The summed E-state index contributed by atoms with van der Waals surface area (Å²) in [6.07, 6.45) is 26.7. The standard InChI is InChI=1S/C36H54N2O3S.C3H8O2.3C2H6/c1-10-12-25-42-36(30(20-11-2)24-19-18-23-29-21-16-14-13-15-17-22-29)26-28(3)38(27-36)32(39)31(34(4,5)6)37-33(40)41-35(7,8)9;1-4-3-5-2;3*1-2/h11,13-14,16-20,22-24,28,30-31H,10,12,15,25-27H2,1-9H3,(H,37,40);3H2,1-2H3;3*1-2H3/b14-13-,20-11-,22-17-,23-18+,24-19?;;;;/t21?,28?,30-,31-,36?;;;;/m1..../s1. The van der Waals surface area contributed by atoms with Gasteiger partial charge in [0.05, 0.1) is 0 Å². The third kappa shape index (κ3) is 23.6. The highest BCUT2D eigenvalue weighted by molar-refractivity contribution is 8.00. The van der Waals surface area contributed by atoms with Crippen LogP contribution in [0.25, 0.3) is 0 Å². The molecule has 7 nitrogen and oxygen atoms in total. The number of amides is 2. The Bertz CT molecular complexity index is 1180. The minimum atomic E-state index is -0.696. The number of carbonyl (C=O) groups excluding carboxylic acids is 2. The molecule has 2 amide bonds. The average molecular weight is 761 g/mol. The van der Waals surface area contributed by atoms with Gasteiger partial charge in [-0.3, -0.25) is 4.79 Å². The summed E-state index contributed by atoms with van der Waals surface area (Å²) in [6, 6.07) is -0.657. The Hall–Kier alpha value is -2.77. The number of hydrogen-bond acceptors (Lipinski definition) is 6. The topological polar surface area (TPSA) is 77.1 Å². The number of carbonyl (C=O) groups is 2. The molecular weight excluding hydrogens is 681 g/mol. The maximum Gasteiger partial charge on any atom is 0.408 e. The summed E-state index contributed by atoms with van der Waals surface area (Å²) in [7, 11) is 3.17. The molecular formula is C45H80N2O5S. The van der Waals surface area contributed by atoms with Crippen LogP contribution >= 0.6 is 11.8 Å². The second-order valence-electron chi connectivity index (χ2n) is 14.1. The normalized spacial score (nSPS) is 20.5. The zero-order chi connectivity index (χ0) is 41.5. The number of nitrogens with zero attached hydrogens (tertiary/aromatic N) is 1. The van der Waals surface area contributed by atoms with Gasteiger partial charge in [0.1, 0.15) is 18.4 Å². The molecule has 1 N–H and O–H groups in total. The van der Waals surface area contributed by atoms with E-state index < -0.39 is 23.2 Å². The van der Waals surface area contributed by atoms with Gasteiger partial charge in [-0.1, -0.05) is 130 Å². The van der Waals surface area contributed by atoms with E-state index >= 15 is 0 Å². The first-order valence-corrected chi connectivity index (χ1v) is 20.8. The molecule has 1 fully saturated rings. The Morgan fingerprint density at radius 3 is 2.15 bits per heavy atom. The van der Waals surface area contributed by atoms with Crippen molar-refractivity contribution in [3.8, 4) is 0 Å². The minimum absolute atomic E-state index is 0.0389. The molecule has 2 aliphatic rings. The number of methoxy groups -OCH3 is 2. The van der Waals surface area contributed by atoms with E-state index in [1.807, 2.05) is 112 Å². The van der Waals surface area contributed by atoms with E-state index in [0.717, 1.165) is 37.0 Å². The summed E-state index contributed by atoms with van der Waals surface area (Å²) < 4.78 is 14.3. The first kappa shape index (κ1) is 54.6. The SMILES string of the molecule is C/C=C\[C@H](C=C/C=C/C1=C=C/C=C\C/C=C\1)C1(SCCCC)CC(C)N(C(=O)[C@@H](NC(=O)OC(C)(C)C)C(C)(C)C)C1.CC.CC.CC.COCOC. The van der Waals surface area contributed by atoms with E-state index in [2.05, 4.69) is 96.0 Å². The largest absolute Gasteiger partial charge is 0.444 e. The van der Waals surface area contributed by atoms with Crippen molar-refractivity contribution in [2.24, 2.45) is 11.3 Å². The summed E-state index contributed by atoms with van der Waals surface area (Å²) in [5.74, 6) is 1.13. The van der Waals surface area contributed by atoms with Gasteiger partial charge in [-0.05, 0) is 77.2 Å². The second kappa shape index (κ2) is 31.6. The maximum absolute atomic E-state index is 14.2. The predicted molar refractivity (Wildman–Crippen MR) is 233 cm³/mol. The van der Waals surface area contributed by atoms with E-state index in [1.54, 1.807) is 14.2 Å². The van der Waals surface area contributed by atoms with E-state index in [4.69, 9.17) is 4.74 Å². The van der Waals surface area contributed by atoms with Crippen LogP contribution < -0.4 is 5.32 Å². The number of rotatable bonds is 13. The van der Waals surface area contributed by atoms with Crippen LogP contribution in [0.3, 0.4) is 0 Å². The Balaban J connectivity index is -0.00000203. The molecule has 0 aromatic rings. The van der Waals surface area contributed by atoms with Crippen LogP contribution in [-0.4, -0.2) is 72.6 Å². The van der Waals surface area contributed by atoms with Gasteiger partial charge in [0.25, 0.3) is 0 Å². The Morgan fingerprint density at radius 2 is 1.64 bits per heavy atom. The molecule has 4 atom stereocenters. The molecule has 2 unspecified atom stereocenters. The third-order valence-electron chi connectivity index (χ3n) is 7.56. The van der Waals surface area contributed by atoms with Crippen molar-refractivity contribution >= 4 is 23.8 Å². The molecule has 1 heterocycles. The average Bonchev–Trinajstić information content (AvgIpc) is 3.44. The molecule has 2 rings (SSSR count). The number of ether oxygens (including phenoxy) is 3. The van der Waals surface area contributed by atoms with E-state index in [0.29, 0.717) is 13.3 Å². The molecule has 1 saturated heterocycles. The van der Waals surface area contributed by atoms with Crippen LogP contribution in [0.4, 0.5) is 4.79 Å².